The Balaban J connectivity index is 1.41. The molecule has 0 spiro atoms. The number of aliphatic carboxylic acids is 1. The van der Waals surface area contributed by atoms with Crippen LogP contribution in [0.25, 0.3) is 0 Å². The van der Waals surface area contributed by atoms with E-state index in [4.69, 9.17) is 11.6 Å². The van der Waals surface area contributed by atoms with Gasteiger partial charge in [-0.15, -0.1) is 0 Å². The molecule has 2 aliphatic carbocycles. The molecule has 1 aliphatic heterocycles. The smallest absolute Gasteiger partial charge is 0.307 e. The first-order chi connectivity index (χ1) is 12.0. The van der Waals surface area contributed by atoms with Gasteiger partial charge in [0, 0.05) is 36.9 Å². The lowest BCUT2D eigenvalue weighted by molar-refractivity contribution is -0.153. The second-order valence-corrected chi connectivity index (χ2v) is 7.95. The maximum absolute atomic E-state index is 13.0. The number of rotatable bonds is 3. The van der Waals surface area contributed by atoms with Gasteiger partial charge in [0.2, 0.25) is 5.91 Å². The van der Waals surface area contributed by atoms with Crippen LogP contribution < -0.4 is 4.90 Å². The number of halogens is 1. The zero-order valence-corrected chi connectivity index (χ0v) is 14.9. The topological polar surface area (TPSA) is 60.9 Å². The second kappa shape index (κ2) is 6.52. The summed E-state index contributed by atoms with van der Waals surface area (Å²) in [6, 6.07) is 7.74. The van der Waals surface area contributed by atoms with Crippen LogP contribution >= 0.6 is 11.6 Å². The van der Waals surface area contributed by atoms with Gasteiger partial charge in [-0.2, -0.15) is 0 Å². The van der Waals surface area contributed by atoms with Crippen molar-refractivity contribution in [3.05, 3.63) is 29.3 Å². The molecule has 2 bridgehead atoms. The molecule has 4 rings (SSSR count). The van der Waals surface area contributed by atoms with Crippen LogP contribution in [0.4, 0.5) is 5.69 Å². The Morgan fingerprint density at radius 3 is 2.16 bits per heavy atom. The third kappa shape index (κ3) is 2.99. The Morgan fingerprint density at radius 1 is 0.960 bits per heavy atom. The molecule has 0 unspecified atom stereocenters. The lowest BCUT2D eigenvalue weighted by Gasteiger charge is -2.39. The Labute approximate surface area is 152 Å². The molecular formula is C19H23ClN2O3. The molecule has 2 saturated carbocycles. The zero-order valence-electron chi connectivity index (χ0n) is 14.1. The highest BCUT2D eigenvalue weighted by Crippen LogP contribution is 2.53. The van der Waals surface area contributed by atoms with Crippen LogP contribution in [0.1, 0.15) is 19.3 Å². The van der Waals surface area contributed by atoms with E-state index in [9.17, 15) is 14.7 Å². The minimum absolute atomic E-state index is 0.0651. The van der Waals surface area contributed by atoms with Crippen molar-refractivity contribution in [2.45, 2.75) is 19.3 Å². The molecule has 4 atom stereocenters. The van der Waals surface area contributed by atoms with E-state index in [0.29, 0.717) is 18.1 Å². The normalized spacial score (nSPS) is 31.4. The van der Waals surface area contributed by atoms with Crippen LogP contribution in [0.3, 0.4) is 0 Å². The summed E-state index contributed by atoms with van der Waals surface area (Å²) >= 11 is 5.94. The third-order valence-electron chi connectivity index (χ3n) is 6.27. The number of nitrogens with zero attached hydrogens (tertiary/aromatic N) is 2. The van der Waals surface area contributed by atoms with Gasteiger partial charge >= 0.3 is 5.97 Å². The van der Waals surface area contributed by atoms with E-state index < -0.39 is 11.9 Å². The first-order valence-corrected chi connectivity index (χ1v) is 9.44. The van der Waals surface area contributed by atoms with Crippen LogP contribution in [0.2, 0.25) is 5.02 Å². The van der Waals surface area contributed by atoms with Crippen molar-refractivity contribution in [1.29, 1.82) is 0 Å². The van der Waals surface area contributed by atoms with Crippen molar-refractivity contribution >= 4 is 29.2 Å². The summed E-state index contributed by atoms with van der Waals surface area (Å²) < 4.78 is 0. The molecule has 3 fully saturated rings. The number of carboxylic acid groups (broad SMARTS) is 1. The lowest BCUT2D eigenvalue weighted by atomic mass is 9.78. The maximum Gasteiger partial charge on any atom is 0.307 e. The number of hydrogen-bond acceptors (Lipinski definition) is 3. The number of fused-ring (bicyclic) bond motifs is 2. The molecule has 5 nitrogen and oxygen atoms in total. The average Bonchev–Trinajstić information content (AvgIpc) is 3.23. The number of amides is 1. The fraction of sp³-hybridized carbons (Fsp3) is 0.579. The standard InChI is InChI=1S/C19H23ClN2O3/c20-14-3-5-15(6-4-14)21-7-9-22(10-8-21)18(23)16-12-1-2-13(11-12)17(16)19(24)25/h3-6,12-13,16-17H,1-2,7-11H2,(H,24,25)/t12-,13+,16-,17-/m0/s1. The summed E-state index contributed by atoms with van der Waals surface area (Å²) in [5, 5.41) is 10.3. The molecule has 1 heterocycles. The predicted molar refractivity (Wildman–Crippen MR) is 95.7 cm³/mol. The Morgan fingerprint density at radius 2 is 1.56 bits per heavy atom. The molecule has 1 aromatic carbocycles. The molecule has 1 N–H and O–H groups in total. The predicted octanol–water partition coefficient (Wildman–Crippen LogP) is 2.74. The largest absolute Gasteiger partial charge is 0.481 e. The summed E-state index contributed by atoms with van der Waals surface area (Å²) in [6.45, 7) is 2.85. The summed E-state index contributed by atoms with van der Waals surface area (Å²) in [5.74, 6) is -1.03. The Hall–Kier alpha value is -1.75. The SMILES string of the molecule is O=C(O)[C@H]1[C@@H]2CC[C@@H](C2)[C@@H]1C(=O)N1CCN(c2ccc(Cl)cc2)CC1. The van der Waals surface area contributed by atoms with E-state index in [-0.39, 0.29) is 23.7 Å². The van der Waals surface area contributed by atoms with Crippen molar-refractivity contribution in [1.82, 2.24) is 4.90 Å². The molecule has 0 aromatic heterocycles. The minimum atomic E-state index is -0.787. The van der Waals surface area contributed by atoms with Crippen LogP contribution in [0.5, 0.6) is 0 Å². The Kier molecular flexibility index (Phi) is 4.36. The van der Waals surface area contributed by atoms with Gasteiger partial charge in [0.25, 0.3) is 0 Å². The summed E-state index contributed by atoms with van der Waals surface area (Å²) in [6.07, 6.45) is 2.89. The molecule has 6 heteroatoms. The number of carbonyl (C=O) groups is 2. The highest BCUT2D eigenvalue weighted by atomic mass is 35.5. The van der Waals surface area contributed by atoms with Crippen LogP contribution in [-0.4, -0.2) is 48.1 Å². The van der Waals surface area contributed by atoms with E-state index >= 15 is 0 Å². The molecule has 1 aromatic rings. The number of carbonyl (C=O) groups excluding carboxylic acids is 1. The van der Waals surface area contributed by atoms with Crippen LogP contribution in [0, 0.1) is 23.7 Å². The molecule has 1 saturated heterocycles. The highest BCUT2D eigenvalue weighted by molar-refractivity contribution is 6.30. The first kappa shape index (κ1) is 16.7. The number of piperazine rings is 1. The van der Waals surface area contributed by atoms with Crippen molar-refractivity contribution in [2.75, 3.05) is 31.1 Å². The summed E-state index contributed by atoms with van der Waals surface area (Å²) in [5.41, 5.74) is 1.11. The Bertz CT molecular complexity index is 670. The minimum Gasteiger partial charge on any atom is -0.481 e. The van der Waals surface area contributed by atoms with Crippen molar-refractivity contribution in [3.63, 3.8) is 0 Å². The van der Waals surface area contributed by atoms with E-state index in [1.165, 1.54) is 0 Å². The van der Waals surface area contributed by atoms with Gasteiger partial charge in [0.1, 0.15) is 0 Å². The number of anilines is 1. The lowest BCUT2D eigenvalue weighted by Crippen LogP contribution is -2.52. The van der Waals surface area contributed by atoms with E-state index in [0.717, 1.165) is 38.0 Å². The molecule has 1 amide bonds. The average molecular weight is 363 g/mol. The highest BCUT2D eigenvalue weighted by Gasteiger charge is 2.54. The molecule has 25 heavy (non-hydrogen) atoms. The summed E-state index contributed by atoms with van der Waals surface area (Å²) in [7, 11) is 0. The van der Waals surface area contributed by atoms with E-state index in [1.807, 2.05) is 29.2 Å². The van der Waals surface area contributed by atoms with Crippen molar-refractivity contribution in [2.24, 2.45) is 23.7 Å². The van der Waals surface area contributed by atoms with Crippen molar-refractivity contribution in [3.8, 4) is 0 Å². The number of carboxylic acids is 1. The first-order valence-electron chi connectivity index (χ1n) is 9.06. The molecular weight excluding hydrogens is 340 g/mol. The molecule has 134 valence electrons. The fourth-order valence-electron chi connectivity index (χ4n) is 5.05. The van der Waals surface area contributed by atoms with Gasteiger partial charge in [0.05, 0.1) is 11.8 Å². The summed E-state index contributed by atoms with van der Waals surface area (Å²) in [4.78, 5) is 28.8. The van der Waals surface area contributed by atoms with Gasteiger partial charge in [-0.05, 0) is 55.4 Å². The monoisotopic (exact) mass is 362 g/mol. The number of benzene rings is 1. The van der Waals surface area contributed by atoms with E-state index in [1.54, 1.807) is 0 Å². The third-order valence-corrected chi connectivity index (χ3v) is 6.52. The number of hydrogen-bond donors (Lipinski definition) is 1. The van der Waals surface area contributed by atoms with Gasteiger partial charge in [-0.3, -0.25) is 9.59 Å². The quantitative estimate of drug-likeness (QED) is 0.898. The second-order valence-electron chi connectivity index (χ2n) is 7.51. The van der Waals surface area contributed by atoms with Gasteiger partial charge in [-0.25, -0.2) is 0 Å². The van der Waals surface area contributed by atoms with Crippen molar-refractivity contribution < 1.29 is 14.7 Å². The molecule has 3 aliphatic rings. The molecule has 0 radical (unpaired) electrons. The van der Waals surface area contributed by atoms with E-state index in [2.05, 4.69) is 4.90 Å². The fourth-order valence-corrected chi connectivity index (χ4v) is 5.18. The van der Waals surface area contributed by atoms with Gasteiger partial charge in [-0.1, -0.05) is 11.6 Å². The zero-order chi connectivity index (χ0) is 17.6. The maximum atomic E-state index is 13.0. The van der Waals surface area contributed by atoms with Crippen LogP contribution in [0.15, 0.2) is 24.3 Å². The van der Waals surface area contributed by atoms with Gasteiger partial charge in [0.15, 0.2) is 0 Å². The van der Waals surface area contributed by atoms with Crippen LogP contribution in [-0.2, 0) is 9.59 Å². The van der Waals surface area contributed by atoms with Gasteiger partial charge < -0.3 is 14.9 Å².